The van der Waals surface area contributed by atoms with Crippen LogP contribution in [-0.2, 0) is 17.6 Å². The SMILES string of the molecule is O=C1c2ccccc2CCc2c(OCCCN3CCOCC3)cccc21. The highest BCUT2D eigenvalue weighted by Crippen LogP contribution is 2.30. The van der Waals surface area contributed by atoms with Crippen molar-refractivity contribution in [3.8, 4) is 5.75 Å². The number of fused-ring (bicyclic) bond motifs is 2. The van der Waals surface area contributed by atoms with Crippen molar-refractivity contribution in [1.82, 2.24) is 4.90 Å². The normalized spacial score (nSPS) is 17.3. The molecule has 0 N–H and O–H groups in total. The summed E-state index contributed by atoms with van der Waals surface area (Å²) in [4.78, 5) is 15.4. The molecule has 0 unspecified atom stereocenters. The van der Waals surface area contributed by atoms with E-state index in [9.17, 15) is 4.79 Å². The Labute approximate surface area is 154 Å². The zero-order chi connectivity index (χ0) is 17.8. The smallest absolute Gasteiger partial charge is 0.193 e. The highest BCUT2D eigenvalue weighted by atomic mass is 16.5. The number of morpholine rings is 1. The maximum Gasteiger partial charge on any atom is 0.193 e. The second-order valence-electron chi connectivity index (χ2n) is 6.92. The maximum absolute atomic E-state index is 12.9. The third-order valence-corrected chi connectivity index (χ3v) is 5.26. The Morgan fingerprint density at radius 1 is 0.962 bits per heavy atom. The molecule has 0 spiro atoms. The molecule has 1 aliphatic carbocycles. The van der Waals surface area contributed by atoms with Crippen LogP contribution in [0.3, 0.4) is 0 Å². The second-order valence-corrected chi connectivity index (χ2v) is 6.92. The lowest BCUT2D eigenvalue weighted by Gasteiger charge is -2.26. The van der Waals surface area contributed by atoms with Gasteiger partial charge in [-0.3, -0.25) is 9.69 Å². The minimum atomic E-state index is 0.117. The molecule has 4 nitrogen and oxygen atoms in total. The predicted molar refractivity (Wildman–Crippen MR) is 101 cm³/mol. The van der Waals surface area contributed by atoms with Crippen molar-refractivity contribution in [2.75, 3.05) is 39.5 Å². The molecule has 1 aliphatic heterocycles. The van der Waals surface area contributed by atoms with Crippen LogP contribution in [-0.4, -0.2) is 50.1 Å². The van der Waals surface area contributed by atoms with Crippen LogP contribution in [0.25, 0.3) is 0 Å². The molecule has 2 aromatic rings. The summed E-state index contributed by atoms with van der Waals surface area (Å²) in [5.41, 5.74) is 3.81. The largest absolute Gasteiger partial charge is 0.493 e. The number of carbonyl (C=O) groups is 1. The monoisotopic (exact) mass is 351 g/mol. The Balaban J connectivity index is 1.43. The molecule has 4 rings (SSSR count). The van der Waals surface area contributed by atoms with Gasteiger partial charge in [0, 0.05) is 36.3 Å². The number of benzene rings is 2. The minimum absolute atomic E-state index is 0.117. The van der Waals surface area contributed by atoms with Gasteiger partial charge in [0.25, 0.3) is 0 Å². The van der Waals surface area contributed by atoms with Gasteiger partial charge in [-0.15, -0.1) is 0 Å². The first-order valence-corrected chi connectivity index (χ1v) is 9.50. The zero-order valence-corrected chi connectivity index (χ0v) is 15.1. The van der Waals surface area contributed by atoms with Gasteiger partial charge in [0.15, 0.2) is 5.78 Å². The van der Waals surface area contributed by atoms with Crippen LogP contribution in [0, 0.1) is 0 Å². The first-order chi connectivity index (χ1) is 12.8. The average molecular weight is 351 g/mol. The fourth-order valence-electron chi connectivity index (χ4n) is 3.83. The second kappa shape index (κ2) is 8.02. The number of hydrogen-bond acceptors (Lipinski definition) is 4. The summed E-state index contributed by atoms with van der Waals surface area (Å²) in [6, 6.07) is 13.8. The van der Waals surface area contributed by atoms with Gasteiger partial charge in [-0.2, -0.15) is 0 Å². The van der Waals surface area contributed by atoms with Crippen molar-refractivity contribution in [2.24, 2.45) is 0 Å². The lowest BCUT2D eigenvalue weighted by atomic mass is 9.98. The van der Waals surface area contributed by atoms with E-state index in [4.69, 9.17) is 9.47 Å². The van der Waals surface area contributed by atoms with Crippen molar-refractivity contribution < 1.29 is 14.3 Å². The van der Waals surface area contributed by atoms with Gasteiger partial charge in [0.1, 0.15) is 5.75 Å². The molecule has 0 saturated carbocycles. The Bertz CT molecular complexity index is 781. The van der Waals surface area contributed by atoms with Crippen molar-refractivity contribution in [1.29, 1.82) is 0 Å². The average Bonchev–Trinajstić information content (AvgIpc) is 2.84. The highest BCUT2D eigenvalue weighted by molar-refractivity contribution is 6.11. The molecule has 136 valence electrons. The van der Waals surface area contributed by atoms with Gasteiger partial charge in [-0.05, 0) is 30.9 Å². The Morgan fingerprint density at radius 3 is 2.65 bits per heavy atom. The van der Waals surface area contributed by atoms with Gasteiger partial charge in [0.2, 0.25) is 0 Å². The van der Waals surface area contributed by atoms with Crippen LogP contribution in [0.4, 0.5) is 0 Å². The van der Waals surface area contributed by atoms with E-state index >= 15 is 0 Å². The third kappa shape index (κ3) is 3.67. The zero-order valence-electron chi connectivity index (χ0n) is 15.1. The van der Waals surface area contributed by atoms with Gasteiger partial charge in [-0.1, -0.05) is 36.4 Å². The molecular formula is C22H25NO3. The summed E-state index contributed by atoms with van der Waals surface area (Å²) in [6.45, 7) is 5.38. The van der Waals surface area contributed by atoms with Crippen LogP contribution >= 0.6 is 0 Å². The molecule has 0 radical (unpaired) electrons. The van der Waals surface area contributed by atoms with Crippen molar-refractivity contribution in [2.45, 2.75) is 19.3 Å². The number of carbonyl (C=O) groups excluding carboxylic acids is 1. The van der Waals surface area contributed by atoms with Gasteiger partial charge in [0.05, 0.1) is 19.8 Å². The van der Waals surface area contributed by atoms with Crippen molar-refractivity contribution in [3.63, 3.8) is 0 Å². The van der Waals surface area contributed by atoms with E-state index in [1.807, 2.05) is 36.4 Å². The van der Waals surface area contributed by atoms with Crippen LogP contribution in [0.15, 0.2) is 42.5 Å². The molecule has 1 fully saturated rings. The molecular weight excluding hydrogens is 326 g/mol. The quantitative estimate of drug-likeness (QED) is 0.776. The Kier molecular flexibility index (Phi) is 5.32. The number of ether oxygens (including phenoxy) is 2. The summed E-state index contributed by atoms with van der Waals surface area (Å²) in [5.74, 6) is 0.984. The molecule has 0 amide bonds. The van der Waals surface area contributed by atoms with Crippen LogP contribution < -0.4 is 4.74 Å². The van der Waals surface area contributed by atoms with E-state index in [2.05, 4.69) is 11.0 Å². The molecule has 2 aliphatic rings. The van der Waals surface area contributed by atoms with Crippen LogP contribution in [0.2, 0.25) is 0 Å². The van der Waals surface area contributed by atoms with E-state index < -0.39 is 0 Å². The van der Waals surface area contributed by atoms with Gasteiger partial charge >= 0.3 is 0 Å². The summed E-state index contributed by atoms with van der Waals surface area (Å²) < 4.78 is 11.5. The fraction of sp³-hybridized carbons (Fsp3) is 0.409. The molecule has 0 atom stereocenters. The van der Waals surface area contributed by atoms with E-state index in [-0.39, 0.29) is 5.78 Å². The summed E-state index contributed by atoms with van der Waals surface area (Å²) in [7, 11) is 0. The van der Waals surface area contributed by atoms with Gasteiger partial charge < -0.3 is 9.47 Å². The molecule has 1 saturated heterocycles. The highest BCUT2D eigenvalue weighted by Gasteiger charge is 2.23. The van der Waals surface area contributed by atoms with Gasteiger partial charge in [-0.25, -0.2) is 0 Å². The first kappa shape index (κ1) is 17.3. The van der Waals surface area contributed by atoms with E-state index in [0.717, 1.165) is 80.1 Å². The molecule has 2 aromatic carbocycles. The Hall–Kier alpha value is -2.17. The standard InChI is InChI=1S/C22H25NO3/c24-22-18-6-2-1-5-17(18)9-10-19-20(22)7-3-8-21(19)26-14-4-11-23-12-15-25-16-13-23/h1-3,5-8H,4,9-16H2. The summed E-state index contributed by atoms with van der Waals surface area (Å²) in [6.07, 6.45) is 2.71. The first-order valence-electron chi connectivity index (χ1n) is 9.50. The molecule has 26 heavy (non-hydrogen) atoms. The van der Waals surface area contributed by atoms with Crippen molar-refractivity contribution in [3.05, 3.63) is 64.7 Å². The van der Waals surface area contributed by atoms with E-state index in [0.29, 0.717) is 6.61 Å². The molecule has 4 heteroatoms. The number of ketones is 1. The number of hydrogen-bond donors (Lipinski definition) is 0. The summed E-state index contributed by atoms with van der Waals surface area (Å²) in [5, 5.41) is 0. The van der Waals surface area contributed by atoms with Crippen LogP contribution in [0.1, 0.15) is 33.5 Å². The lowest BCUT2D eigenvalue weighted by molar-refractivity contribution is 0.0358. The predicted octanol–water partition coefficient (Wildman–Crippen LogP) is 3.12. The molecule has 0 bridgehead atoms. The fourth-order valence-corrected chi connectivity index (χ4v) is 3.83. The lowest BCUT2D eigenvalue weighted by Crippen LogP contribution is -2.37. The summed E-state index contributed by atoms with van der Waals surface area (Å²) >= 11 is 0. The number of nitrogens with zero attached hydrogens (tertiary/aromatic N) is 1. The third-order valence-electron chi connectivity index (χ3n) is 5.26. The minimum Gasteiger partial charge on any atom is -0.493 e. The van der Waals surface area contributed by atoms with Crippen molar-refractivity contribution >= 4 is 5.78 Å². The van der Waals surface area contributed by atoms with E-state index in [1.54, 1.807) is 0 Å². The van der Waals surface area contributed by atoms with E-state index in [1.165, 1.54) is 0 Å². The number of aryl methyl sites for hydroxylation is 1. The maximum atomic E-state index is 12.9. The number of rotatable bonds is 5. The molecule has 1 heterocycles. The topological polar surface area (TPSA) is 38.8 Å². The molecule has 0 aromatic heterocycles. The van der Waals surface area contributed by atoms with Crippen LogP contribution in [0.5, 0.6) is 5.75 Å². The Morgan fingerprint density at radius 2 is 1.77 bits per heavy atom.